The highest BCUT2D eigenvalue weighted by atomic mass is 19.4. The lowest BCUT2D eigenvalue weighted by atomic mass is 10.2. The predicted octanol–water partition coefficient (Wildman–Crippen LogP) is 1.50. The standard InChI is InChI=1S/C20H22F3N7O2/c21-20(22,23)11-2-1-3-13(6-11)30-18-15(9-25-30)17(29-5-4-14(31)10-29)27-19(28-18)26-12-7-16(32)24-8-12/h1-3,6,9,12,14,16,24,31-32H,4-5,7-8,10H2,(H,26,27,28)/t12-,14-,16?/m1/s1. The van der Waals surface area contributed by atoms with E-state index >= 15 is 0 Å². The topological polar surface area (TPSA) is 111 Å². The van der Waals surface area contributed by atoms with E-state index in [0.717, 1.165) is 12.1 Å². The average Bonchev–Trinajstić information content (AvgIpc) is 3.47. The molecule has 2 aliphatic rings. The second kappa shape index (κ2) is 7.87. The highest BCUT2D eigenvalue weighted by Crippen LogP contribution is 2.33. The molecule has 1 aromatic carbocycles. The van der Waals surface area contributed by atoms with Gasteiger partial charge in [0.25, 0.3) is 0 Å². The van der Waals surface area contributed by atoms with E-state index in [2.05, 4.69) is 25.7 Å². The molecule has 3 atom stereocenters. The van der Waals surface area contributed by atoms with Gasteiger partial charge in [-0.25, -0.2) is 4.68 Å². The van der Waals surface area contributed by atoms with Crippen LogP contribution in [-0.2, 0) is 6.18 Å². The maximum absolute atomic E-state index is 13.2. The number of hydrogen-bond donors (Lipinski definition) is 4. The lowest BCUT2D eigenvalue weighted by molar-refractivity contribution is -0.137. The fraction of sp³-hybridized carbons (Fsp3) is 0.450. The number of rotatable bonds is 4. The van der Waals surface area contributed by atoms with Gasteiger partial charge in [-0.3, -0.25) is 5.32 Å². The first-order valence-corrected chi connectivity index (χ1v) is 10.3. The van der Waals surface area contributed by atoms with Gasteiger partial charge in [-0.15, -0.1) is 0 Å². The van der Waals surface area contributed by atoms with Gasteiger partial charge in [0, 0.05) is 32.1 Å². The van der Waals surface area contributed by atoms with Gasteiger partial charge in [-0.1, -0.05) is 6.07 Å². The number of anilines is 2. The van der Waals surface area contributed by atoms with Gasteiger partial charge in [-0.2, -0.15) is 28.2 Å². The second-order valence-electron chi connectivity index (χ2n) is 8.10. The molecule has 0 bridgehead atoms. The molecular formula is C20H22F3N7O2. The Morgan fingerprint density at radius 1 is 1.19 bits per heavy atom. The summed E-state index contributed by atoms with van der Waals surface area (Å²) in [6.45, 7) is 1.50. The molecule has 2 aromatic heterocycles. The lowest BCUT2D eigenvalue weighted by Gasteiger charge is -2.19. The minimum atomic E-state index is -4.48. The van der Waals surface area contributed by atoms with Gasteiger partial charge in [-0.05, 0) is 24.6 Å². The summed E-state index contributed by atoms with van der Waals surface area (Å²) in [5.74, 6) is 0.835. The van der Waals surface area contributed by atoms with Crippen LogP contribution in [0.15, 0.2) is 30.5 Å². The molecule has 3 aromatic rings. The van der Waals surface area contributed by atoms with Crippen LogP contribution >= 0.6 is 0 Å². The normalized spacial score (nSPS) is 23.9. The number of aliphatic hydroxyl groups excluding tert-OH is 2. The summed E-state index contributed by atoms with van der Waals surface area (Å²) in [7, 11) is 0. The molecule has 0 spiro atoms. The minimum absolute atomic E-state index is 0.107. The molecule has 0 aliphatic carbocycles. The molecule has 1 unspecified atom stereocenters. The van der Waals surface area contributed by atoms with Crippen LogP contribution in [0.1, 0.15) is 18.4 Å². The van der Waals surface area contributed by atoms with Gasteiger partial charge < -0.3 is 20.4 Å². The van der Waals surface area contributed by atoms with Gasteiger partial charge in [0.1, 0.15) is 12.0 Å². The molecule has 2 saturated heterocycles. The molecular weight excluding hydrogens is 427 g/mol. The maximum Gasteiger partial charge on any atom is 0.416 e. The number of aromatic nitrogens is 4. The molecule has 12 heteroatoms. The first kappa shape index (κ1) is 20.9. The van der Waals surface area contributed by atoms with Crippen LogP contribution < -0.4 is 15.5 Å². The molecule has 5 rings (SSSR count). The van der Waals surface area contributed by atoms with Crippen molar-refractivity contribution in [2.24, 2.45) is 0 Å². The van der Waals surface area contributed by atoms with E-state index in [9.17, 15) is 23.4 Å². The number of hydrogen-bond acceptors (Lipinski definition) is 8. The largest absolute Gasteiger partial charge is 0.416 e. The van der Waals surface area contributed by atoms with E-state index in [-0.39, 0.29) is 17.7 Å². The maximum atomic E-state index is 13.2. The molecule has 0 amide bonds. The number of β-amino-alcohol motifs (C(OH)–C–C–N with tert-alkyl or cyclic N) is 1. The van der Waals surface area contributed by atoms with Crippen LogP contribution in [0.4, 0.5) is 24.9 Å². The lowest BCUT2D eigenvalue weighted by Crippen LogP contribution is -2.26. The number of nitrogens with one attached hydrogen (secondary N) is 2. The van der Waals surface area contributed by atoms with Gasteiger partial charge in [0.05, 0.1) is 28.9 Å². The Morgan fingerprint density at radius 3 is 2.72 bits per heavy atom. The Balaban J connectivity index is 1.60. The summed E-state index contributed by atoms with van der Waals surface area (Å²) < 4.78 is 41.0. The molecule has 4 N–H and O–H groups in total. The molecule has 0 radical (unpaired) electrons. The zero-order valence-electron chi connectivity index (χ0n) is 16.9. The SMILES string of the molecule is OC1C[C@@H](Nc2nc(N3CC[C@@H](O)C3)c3cnn(-c4cccc(C(F)(F)F)c4)c3n2)CN1. The van der Waals surface area contributed by atoms with Crippen molar-refractivity contribution in [3.05, 3.63) is 36.0 Å². The van der Waals surface area contributed by atoms with E-state index < -0.39 is 24.1 Å². The van der Waals surface area contributed by atoms with E-state index in [1.165, 1.54) is 23.0 Å². The number of fused-ring (bicyclic) bond motifs is 1. The summed E-state index contributed by atoms with van der Waals surface area (Å²) in [5, 5.41) is 30.7. The average molecular weight is 449 g/mol. The fourth-order valence-corrected chi connectivity index (χ4v) is 4.14. The summed E-state index contributed by atoms with van der Waals surface area (Å²) in [4.78, 5) is 11.1. The Kier molecular flexibility index (Phi) is 5.14. The smallest absolute Gasteiger partial charge is 0.391 e. The van der Waals surface area contributed by atoms with Gasteiger partial charge >= 0.3 is 6.18 Å². The number of benzene rings is 1. The Hall–Kier alpha value is -2.96. The quantitative estimate of drug-likeness (QED) is 0.474. The van der Waals surface area contributed by atoms with Crippen LogP contribution in [0.5, 0.6) is 0 Å². The molecule has 4 heterocycles. The monoisotopic (exact) mass is 449 g/mol. The second-order valence-corrected chi connectivity index (χ2v) is 8.10. The Bertz CT molecular complexity index is 1140. The summed E-state index contributed by atoms with van der Waals surface area (Å²) >= 11 is 0. The highest BCUT2D eigenvalue weighted by Gasteiger charge is 2.31. The first-order valence-electron chi connectivity index (χ1n) is 10.3. The number of aliphatic hydroxyl groups is 2. The molecule has 9 nitrogen and oxygen atoms in total. The molecule has 2 fully saturated rings. The highest BCUT2D eigenvalue weighted by molar-refractivity contribution is 5.89. The van der Waals surface area contributed by atoms with Gasteiger partial charge in [0.15, 0.2) is 5.65 Å². The fourth-order valence-electron chi connectivity index (χ4n) is 4.14. The molecule has 170 valence electrons. The third-order valence-electron chi connectivity index (χ3n) is 5.73. The van der Waals surface area contributed by atoms with Crippen molar-refractivity contribution in [2.45, 2.75) is 37.4 Å². The van der Waals surface area contributed by atoms with Crippen LogP contribution in [0.25, 0.3) is 16.7 Å². The zero-order valence-corrected chi connectivity index (χ0v) is 16.9. The van der Waals surface area contributed by atoms with E-state index in [0.29, 0.717) is 49.3 Å². The Labute approximate surface area is 180 Å². The molecule has 2 aliphatic heterocycles. The van der Waals surface area contributed by atoms with Crippen molar-refractivity contribution in [1.82, 2.24) is 25.1 Å². The first-order chi connectivity index (χ1) is 15.3. The zero-order chi connectivity index (χ0) is 22.5. The number of nitrogens with zero attached hydrogens (tertiary/aromatic N) is 5. The summed E-state index contributed by atoms with van der Waals surface area (Å²) in [6, 6.07) is 4.79. The molecule has 32 heavy (non-hydrogen) atoms. The van der Waals surface area contributed by atoms with E-state index in [4.69, 9.17) is 0 Å². The predicted molar refractivity (Wildman–Crippen MR) is 111 cm³/mol. The number of halogens is 3. The third kappa shape index (κ3) is 3.96. The molecule has 0 saturated carbocycles. The van der Waals surface area contributed by atoms with Crippen LogP contribution in [0, 0.1) is 0 Å². The Morgan fingerprint density at radius 2 is 2.03 bits per heavy atom. The summed E-state index contributed by atoms with van der Waals surface area (Å²) in [5.41, 5.74) is -0.200. The van der Waals surface area contributed by atoms with Crippen LogP contribution in [0.3, 0.4) is 0 Å². The van der Waals surface area contributed by atoms with Crippen molar-refractivity contribution in [3.8, 4) is 5.69 Å². The van der Waals surface area contributed by atoms with Crippen molar-refractivity contribution in [2.75, 3.05) is 29.9 Å². The van der Waals surface area contributed by atoms with Crippen molar-refractivity contribution < 1.29 is 23.4 Å². The van der Waals surface area contributed by atoms with Crippen molar-refractivity contribution >= 4 is 22.8 Å². The minimum Gasteiger partial charge on any atom is -0.391 e. The van der Waals surface area contributed by atoms with Crippen LogP contribution in [0.2, 0.25) is 0 Å². The van der Waals surface area contributed by atoms with E-state index in [1.54, 1.807) is 0 Å². The van der Waals surface area contributed by atoms with E-state index in [1.807, 2.05) is 4.90 Å². The van der Waals surface area contributed by atoms with Crippen molar-refractivity contribution in [1.29, 1.82) is 0 Å². The van der Waals surface area contributed by atoms with Gasteiger partial charge in [0.2, 0.25) is 5.95 Å². The summed E-state index contributed by atoms with van der Waals surface area (Å²) in [6.07, 6.45) is -3.00. The van der Waals surface area contributed by atoms with Crippen LogP contribution in [-0.4, -0.2) is 68.0 Å². The third-order valence-corrected chi connectivity index (χ3v) is 5.73. The van der Waals surface area contributed by atoms with Crippen molar-refractivity contribution in [3.63, 3.8) is 0 Å². The number of alkyl halides is 3.